The van der Waals surface area contributed by atoms with Crippen LogP contribution in [0.4, 0.5) is 9.59 Å². The van der Waals surface area contributed by atoms with Crippen LogP contribution in [0.25, 0.3) is 0 Å². The Labute approximate surface area is 261 Å². The van der Waals surface area contributed by atoms with Gasteiger partial charge in [0.2, 0.25) is 0 Å². The number of carbonyl (C=O) groups is 3. The minimum Gasteiger partial charge on any atom is -0.480 e. The number of piperidine rings is 2. The Kier molecular flexibility index (Phi) is 14.6. The lowest BCUT2D eigenvalue weighted by Crippen LogP contribution is -2.45. The first-order valence-electron chi connectivity index (χ1n) is 16.2. The van der Waals surface area contributed by atoms with Gasteiger partial charge in [-0.15, -0.1) is 0 Å². The fourth-order valence-corrected chi connectivity index (χ4v) is 5.65. The quantitative estimate of drug-likeness (QED) is 0.452. The van der Waals surface area contributed by atoms with E-state index in [2.05, 4.69) is 0 Å². The van der Waals surface area contributed by atoms with Crippen LogP contribution in [-0.2, 0) is 23.7 Å². The van der Waals surface area contributed by atoms with Gasteiger partial charge in [-0.3, -0.25) is 4.90 Å². The summed E-state index contributed by atoms with van der Waals surface area (Å²) in [7, 11) is 4.00. The maximum atomic E-state index is 11.8. The van der Waals surface area contributed by atoms with E-state index in [9.17, 15) is 19.5 Å². The number of aliphatic hydroxyl groups is 1. The second kappa shape index (κ2) is 16.9. The van der Waals surface area contributed by atoms with Crippen molar-refractivity contribution in [1.82, 2.24) is 9.80 Å². The molecule has 0 aromatic carbocycles. The average Bonchev–Trinajstić information content (AvgIpc) is 3.49. The van der Waals surface area contributed by atoms with E-state index in [0.29, 0.717) is 24.3 Å². The van der Waals surface area contributed by atoms with Crippen LogP contribution in [0.2, 0.25) is 0 Å². The SMILES string of the molecule is BB.C1CCOC1.C1CCOC1.CC(C)(C)OC(=O)N1C[C@H]2C[C@H]2[C@H]1C(=O)O.CC(C)(C)OC(=O)N1C[C@H]2C[C@H]2[C@H]1CO.[HH]. The summed E-state index contributed by atoms with van der Waals surface area (Å²) in [5.74, 6) is 0.715. The summed E-state index contributed by atoms with van der Waals surface area (Å²) >= 11 is 0. The lowest BCUT2D eigenvalue weighted by Gasteiger charge is -2.29. The number of nitrogens with zero attached hydrogens (tertiary/aromatic N) is 2. The number of hydrogen-bond donors (Lipinski definition) is 2. The van der Waals surface area contributed by atoms with Gasteiger partial charge in [0.05, 0.1) is 28.1 Å². The van der Waals surface area contributed by atoms with E-state index in [1.807, 2.05) is 36.2 Å². The molecule has 6 atom stereocenters. The van der Waals surface area contributed by atoms with Gasteiger partial charge in [-0.05, 0) is 104 Å². The molecule has 0 bridgehead atoms. The zero-order chi connectivity index (χ0) is 32.4. The first kappa shape index (κ1) is 37.2. The van der Waals surface area contributed by atoms with E-state index >= 15 is 0 Å². The van der Waals surface area contributed by atoms with Crippen molar-refractivity contribution in [3.05, 3.63) is 0 Å². The topological polar surface area (TPSA) is 135 Å². The molecule has 43 heavy (non-hydrogen) atoms. The van der Waals surface area contributed by atoms with E-state index in [-0.39, 0.29) is 26.1 Å². The van der Waals surface area contributed by atoms with Gasteiger partial charge >= 0.3 is 18.2 Å². The molecule has 0 unspecified atom stereocenters. The Morgan fingerprint density at radius 3 is 1.53 bits per heavy atom. The third-order valence-corrected chi connectivity index (χ3v) is 7.80. The molecule has 2 saturated carbocycles. The molecular weight excluding hydrogens is 554 g/mol. The van der Waals surface area contributed by atoms with Gasteiger partial charge in [0, 0.05) is 40.9 Å². The molecule has 0 radical (unpaired) electrons. The molecule has 6 rings (SSSR count). The molecule has 6 aliphatic rings. The highest BCUT2D eigenvalue weighted by Gasteiger charge is 2.58. The van der Waals surface area contributed by atoms with Crippen molar-refractivity contribution in [1.29, 1.82) is 0 Å². The van der Waals surface area contributed by atoms with Crippen molar-refractivity contribution in [2.24, 2.45) is 23.7 Å². The first-order chi connectivity index (χ1) is 20.2. The molecule has 13 heteroatoms. The minimum atomic E-state index is -0.921. The Morgan fingerprint density at radius 1 is 0.767 bits per heavy atom. The monoisotopic (exact) mass is 612 g/mol. The van der Waals surface area contributed by atoms with E-state index in [0.717, 1.165) is 45.8 Å². The van der Waals surface area contributed by atoms with Crippen LogP contribution < -0.4 is 0 Å². The maximum absolute atomic E-state index is 11.8. The van der Waals surface area contributed by atoms with Crippen molar-refractivity contribution < 1.29 is 45.0 Å². The van der Waals surface area contributed by atoms with Crippen LogP contribution in [0, 0.1) is 23.7 Å². The van der Waals surface area contributed by atoms with Crippen molar-refractivity contribution in [3.8, 4) is 0 Å². The molecule has 2 amide bonds. The molecule has 11 nitrogen and oxygen atoms in total. The van der Waals surface area contributed by atoms with E-state index in [1.54, 1.807) is 25.7 Å². The zero-order valence-corrected chi connectivity index (χ0v) is 27.8. The number of ether oxygens (including phenoxy) is 4. The van der Waals surface area contributed by atoms with E-state index in [1.165, 1.54) is 30.6 Å². The van der Waals surface area contributed by atoms with Crippen molar-refractivity contribution in [2.45, 2.75) is 103 Å². The third-order valence-electron chi connectivity index (χ3n) is 7.80. The van der Waals surface area contributed by atoms with Crippen molar-refractivity contribution >= 4 is 33.6 Å². The lowest BCUT2D eigenvalue weighted by molar-refractivity contribution is -0.142. The lowest BCUT2D eigenvalue weighted by atomic mass is 9.81. The second-order valence-corrected chi connectivity index (χ2v) is 13.8. The number of hydrogen-bond acceptors (Lipinski definition) is 8. The predicted octanol–water partition coefficient (Wildman–Crippen LogP) is 2.57. The van der Waals surface area contributed by atoms with Gasteiger partial charge in [-0.2, -0.15) is 0 Å². The smallest absolute Gasteiger partial charge is 0.411 e. The number of aliphatic hydroxyl groups excluding tert-OH is 1. The van der Waals surface area contributed by atoms with Crippen LogP contribution in [-0.4, -0.2) is 123 Å². The number of carboxylic acid groups (broad SMARTS) is 1. The summed E-state index contributed by atoms with van der Waals surface area (Å²) < 4.78 is 20.4. The van der Waals surface area contributed by atoms with Crippen LogP contribution >= 0.6 is 0 Å². The number of carbonyl (C=O) groups excluding carboxylic acids is 2. The molecule has 4 aliphatic heterocycles. The molecule has 0 aromatic heterocycles. The van der Waals surface area contributed by atoms with Gasteiger partial charge in [-0.1, -0.05) is 0 Å². The Morgan fingerprint density at radius 2 is 1.16 bits per heavy atom. The van der Waals surface area contributed by atoms with E-state index < -0.39 is 29.3 Å². The predicted molar refractivity (Wildman–Crippen MR) is 171 cm³/mol. The highest BCUT2D eigenvalue weighted by molar-refractivity contribution is 6.75. The highest BCUT2D eigenvalue weighted by atomic mass is 16.6. The molecule has 2 N–H and O–H groups in total. The summed E-state index contributed by atoms with van der Waals surface area (Å²) in [5.41, 5.74) is -1.03. The van der Waals surface area contributed by atoms with Gasteiger partial charge < -0.3 is 34.1 Å². The van der Waals surface area contributed by atoms with Gasteiger partial charge in [0.1, 0.15) is 17.2 Å². The molecule has 0 aromatic rings. The van der Waals surface area contributed by atoms with E-state index in [4.69, 9.17) is 24.1 Å². The average molecular weight is 612 g/mol. The Bertz CT molecular complexity index is 870. The summed E-state index contributed by atoms with van der Waals surface area (Å²) in [5, 5.41) is 18.3. The summed E-state index contributed by atoms with van der Waals surface area (Å²) in [6.45, 7) is 16.2. The highest BCUT2D eigenvalue weighted by Crippen LogP contribution is 2.50. The zero-order valence-electron chi connectivity index (χ0n) is 27.8. The standard InChI is InChI=1S/C11H17NO4.C11H19NO3.2C4H8O.B2H4.H2/c1-11(2,3)16-10(15)12-5-6-4-7(6)8(12)9(13)14;1-11(2,3)15-10(14)12-5-7-4-8(7)9(12)6-13;2*1-2-4-5-3-1;1-2;/h6-8H,4-5H2,1-3H3,(H,13,14);7-9,13H,4-6H2,1-3H3;2*1-4H2;1-2H2;1H/t6-,7-,8+;7-,8-,9-;;;;/m11..../s1. The van der Waals surface area contributed by atoms with Gasteiger partial charge in [0.15, 0.2) is 0 Å². The number of aliphatic carboxylic acids is 1. The number of likely N-dealkylation sites (tertiary alicyclic amines) is 2. The maximum Gasteiger partial charge on any atom is 0.411 e. The van der Waals surface area contributed by atoms with Crippen molar-refractivity contribution in [3.63, 3.8) is 0 Å². The first-order valence-corrected chi connectivity index (χ1v) is 16.2. The molecule has 2 aliphatic carbocycles. The van der Waals surface area contributed by atoms with Crippen molar-refractivity contribution in [2.75, 3.05) is 46.1 Å². The minimum absolute atomic E-state index is 0. The Balaban J connectivity index is 0.000000317. The van der Waals surface area contributed by atoms with Gasteiger partial charge in [-0.25, -0.2) is 14.4 Å². The number of amides is 2. The fourth-order valence-electron chi connectivity index (χ4n) is 5.65. The molecule has 0 spiro atoms. The van der Waals surface area contributed by atoms with Crippen LogP contribution in [0.15, 0.2) is 0 Å². The fraction of sp³-hybridized carbons (Fsp3) is 0.900. The summed E-state index contributed by atoms with van der Waals surface area (Å²) in [4.78, 5) is 37.7. The molecule has 4 saturated heterocycles. The number of carboxylic acids is 1. The number of rotatable bonds is 2. The largest absolute Gasteiger partial charge is 0.480 e. The van der Waals surface area contributed by atoms with Gasteiger partial charge in [0.25, 0.3) is 0 Å². The normalized spacial score (nSPS) is 29.5. The molecule has 248 valence electrons. The second-order valence-electron chi connectivity index (χ2n) is 13.8. The molecular formula is C30H58B2N2O9. The third kappa shape index (κ3) is 12.5. The summed E-state index contributed by atoms with van der Waals surface area (Å²) in [6.07, 6.45) is 6.40. The molecule has 6 fully saturated rings. The molecule has 4 heterocycles. The summed E-state index contributed by atoms with van der Waals surface area (Å²) in [6, 6.07) is -0.690. The Hall–Kier alpha value is -1.98. The van der Waals surface area contributed by atoms with Crippen LogP contribution in [0.5, 0.6) is 0 Å². The van der Waals surface area contributed by atoms with Crippen LogP contribution in [0.1, 0.15) is 81.5 Å². The van der Waals surface area contributed by atoms with Crippen LogP contribution in [0.3, 0.4) is 0 Å². The number of fused-ring (bicyclic) bond motifs is 2.